The van der Waals surface area contributed by atoms with E-state index in [0.717, 1.165) is 11.3 Å². The van der Waals surface area contributed by atoms with E-state index >= 15 is 0 Å². The molecule has 1 heterocycles. The van der Waals surface area contributed by atoms with Crippen LogP contribution in [-0.4, -0.2) is 42.6 Å². The normalized spacial score (nSPS) is 16.2. The molecule has 1 aromatic rings. The number of fused-ring (bicyclic) bond motifs is 1. The number of para-hydroxylation sites is 1. The van der Waals surface area contributed by atoms with E-state index in [1.165, 1.54) is 7.05 Å². The molecule has 0 spiro atoms. The van der Waals surface area contributed by atoms with Gasteiger partial charge in [0.2, 0.25) is 5.91 Å². The molecule has 1 aromatic carbocycles. The minimum atomic E-state index is -0.919. The van der Waals surface area contributed by atoms with Gasteiger partial charge in [-0.05, 0) is 11.6 Å². The van der Waals surface area contributed by atoms with Crippen LogP contribution >= 0.6 is 0 Å². The van der Waals surface area contributed by atoms with Crippen LogP contribution in [-0.2, 0) is 16.0 Å². The molecule has 3 N–H and O–H groups in total. The molecule has 2 rings (SSSR count). The van der Waals surface area contributed by atoms with Gasteiger partial charge in [-0.3, -0.25) is 10.1 Å². The van der Waals surface area contributed by atoms with Crippen molar-refractivity contribution in [2.45, 2.75) is 18.9 Å². The summed E-state index contributed by atoms with van der Waals surface area (Å²) >= 11 is 0. The van der Waals surface area contributed by atoms with Crippen LogP contribution in [0.15, 0.2) is 24.3 Å². The van der Waals surface area contributed by atoms with Crippen LogP contribution in [0.1, 0.15) is 12.0 Å². The zero-order chi connectivity index (χ0) is 15.4. The average molecular weight is 291 g/mol. The molecular weight excluding hydrogens is 274 g/mol. The summed E-state index contributed by atoms with van der Waals surface area (Å²) in [6.45, 7) is 0.247. The third-order valence-electron chi connectivity index (χ3n) is 3.44. The fourth-order valence-corrected chi connectivity index (χ4v) is 2.42. The first-order valence-electron chi connectivity index (χ1n) is 6.62. The summed E-state index contributed by atoms with van der Waals surface area (Å²) in [6, 6.07) is 6.18. The number of benzene rings is 1. The van der Waals surface area contributed by atoms with E-state index < -0.39 is 23.9 Å². The molecule has 0 bridgehead atoms. The van der Waals surface area contributed by atoms with E-state index in [0.29, 0.717) is 6.42 Å². The van der Waals surface area contributed by atoms with Crippen LogP contribution in [0.5, 0.6) is 0 Å². The minimum absolute atomic E-state index is 0.0472. The molecule has 0 aliphatic carbocycles. The number of hydrogen-bond donors (Lipinski definition) is 3. The van der Waals surface area contributed by atoms with Gasteiger partial charge >= 0.3 is 12.0 Å². The monoisotopic (exact) mass is 291 g/mol. The fourth-order valence-electron chi connectivity index (χ4n) is 2.42. The molecule has 0 aromatic heterocycles. The van der Waals surface area contributed by atoms with Gasteiger partial charge in [0.15, 0.2) is 0 Å². The van der Waals surface area contributed by atoms with Gasteiger partial charge in [-0.15, -0.1) is 0 Å². The Hall–Kier alpha value is -2.57. The molecule has 21 heavy (non-hydrogen) atoms. The average Bonchev–Trinajstić information content (AvgIpc) is 2.84. The first-order chi connectivity index (χ1) is 10.0. The summed E-state index contributed by atoms with van der Waals surface area (Å²) in [5, 5.41) is 13.7. The molecule has 7 nitrogen and oxygen atoms in total. The molecule has 1 aliphatic rings. The number of imide groups is 1. The van der Waals surface area contributed by atoms with Crippen molar-refractivity contribution in [2.75, 3.05) is 18.5 Å². The minimum Gasteiger partial charge on any atom is -0.480 e. The number of nitrogens with one attached hydrogen (secondary N) is 2. The number of anilines is 1. The van der Waals surface area contributed by atoms with Crippen LogP contribution < -0.4 is 15.5 Å². The highest BCUT2D eigenvalue weighted by Gasteiger charge is 2.34. The molecule has 0 fully saturated rings. The highest BCUT2D eigenvalue weighted by molar-refractivity contribution is 5.94. The van der Waals surface area contributed by atoms with E-state index in [1.54, 1.807) is 4.90 Å². The van der Waals surface area contributed by atoms with E-state index in [4.69, 9.17) is 0 Å². The molecule has 7 heteroatoms. The van der Waals surface area contributed by atoms with Gasteiger partial charge in [-0.25, -0.2) is 9.59 Å². The molecular formula is C14H17N3O4. The van der Waals surface area contributed by atoms with Crippen LogP contribution in [0.25, 0.3) is 0 Å². The number of amides is 3. The maximum atomic E-state index is 11.6. The Kier molecular flexibility index (Phi) is 4.42. The zero-order valence-electron chi connectivity index (χ0n) is 11.6. The largest absolute Gasteiger partial charge is 0.480 e. The zero-order valence-corrected chi connectivity index (χ0v) is 11.6. The molecule has 0 saturated carbocycles. The second kappa shape index (κ2) is 6.25. The lowest BCUT2D eigenvalue weighted by Gasteiger charge is -2.24. The van der Waals surface area contributed by atoms with Crippen molar-refractivity contribution in [2.24, 2.45) is 0 Å². The number of rotatable bonds is 4. The van der Waals surface area contributed by atoms with Gasteiger partial charge in [0.1, 0.15) is 6.04 Å². The third-order valence-corrected chi connectivity index (χ3v) is 3.44. The van der Waals surface area contributed by atoms with E-state index in [9.17, 15) is 19.5 Å². The smallest absolute Gasteiger partial charge is 0.326 e. The summed E-state index contributed by atoms with van der Waals surface area (Å²) in [4.78, 5) is 35.7. The summed E-state index contributed by atoms with van der Waals surface area (Å²) in [5.74, 6) is -1.36. The van der Waals surface area contributed by atoms with Gasteiger partial charge in [0.25, 0.3) is 0 Å². The number of carbonyl (C=O) groups excluding carboxylic acids is 2. The van der Waals surface area contributed by atoms with Crippen LogP contribution in [0, 0.1) is 0 Å². The highest BCUT2D eigenvalue weighted by Crippen LogP contribution is 2.32. The summed E-state index contributed by atoms with van der Waals surface area (Å²) < 4.78 is 0. The van der Waals surface area contributed by atoms with Crippen molar-refractivity contribution in [1.82, 2.24) is 10.6 Å². The number of hydrogen-bond acceptors (Lipinski definition) is 4. The Labute approximate surface area is 121 Å². The molecule has 112 valence electrons. The number of carbonyl (C=O) groups is 3. The maximum absolute atomic E-state index is 11.6. The predicted molar refractivity (Wildman–Crippen MR) is 76.1 cm³/mol. The summed E-state index contributed by atoms with van der Waals surface area (Å²) in [7, 11) is 1.42. The van der Waals surface area contributed by atoms with Gasteiger partial charge in [0, 0.05) is 32.1 Å². The first-order valence-corrected chi connectivity index (χ1v) is 6.62. The van der Waals surface area contributed by atoms with Gasteiger partial charge in [-0.2, -0.15) is 0 Å². The lowest BCUT2D eigenvalue weighted by molar-refractivity contribution is -0.138. The number of urea groups is 1. The van der Waals surface area contributed by atoms with Crippen molar-refractivity contribution in [3.8, 4) is 0 Å². The Bertz CT molecular complexity index is 573. The standard InChI is InChI=1S/C14H17N3O4/c1-15-14(21)16-12(18)6-7-17-10-5-3-2-4-9(10)8-11(17)13(19)20/h2-5,11H,6-8H2,1H3,(H,19,20)(H2,15,16,18,21). The topological polar surface area (TPSA) is 98.7 Å². The molecule has 1 aliphatic heterocycles. The quantitative estimate of drug-likeness (QED) is 0.743. The molecule has 1 unspecified atom stereocenters. The summed E-state index contributed by atoms with van der Waals surface area (Å²) in [5.41, 5.74) is 1.79. The van der Waals surface area contributed by atoms with Crippen molar-refractivity contribution in [3.05, 3.63) is 29.8 Å². The Morgan fingerprint density at radius 3 is 2.71 bits per heavy atom. The Morgan fingerprint density at radius 2 is 2.05 bits per heavy atom. The number of carboxylic acid groups (broad SMARTS) is 1. The number of aliphatic carboxylic acids is 1. The SMILES string of the molecule is CNC(=O)NC(=O)CCN1c2ccccc2CC1C(=O)O. The van der Waals surface area contributed by atoms with Crippen molar-refractivity contribution >= 4 is 23.6 Å². The number of nitrogens with zero attached hydrogens (tertiary/aromatic N) is 1. The Morgan fingerprint density at radius 1 is 1.33 bits per heavy atom. The van der Waals surface area contributed by atoms with Gasteiger partial charge in [0.05, 0.1) is 0 Å². The molecule has 0 saturated heterocycles. The highest BCUT2D eigenvalue weighted by atomic mass is 16.4. The van der Waals surface area contributed by atoms with Gasteiger partial charge in [-0.1, -0.05) is 18.2 Å². The molecule has 3 amide bonds. The Balaban J connectivity index is 2.04. The summed E-state index contributed by atoms with van der Waals surface area (Å²) in [6.07, 6.45) is 0.466. The fraction of sp³-hybridized carbons (Fsp3) is 0.357. The lowest BCUT2D eigenvalue weighted by atomic mass is 10.1. The van der Waals surface area contributed by atoms with Crippen molar-refractivity contribution in [1.29, 1.82) is 0 Å². The van der Waals surface area contributed by atoms with Crippen LogP contribution in [0.2, 0.25) is 0 Å². The van der Waals surface area contributed by atoms with E-state index in [2.05, 4.69) is 10.6 Å². The van der Waals surface area contributed by atoms with Crippen molar-refractivity contribution < 1.29 is 19.5 Å². The van der Waals surface area contributed by atoms with Crippen molar-refractivity contribution in [3.63, 3.8) is 0 Å². The predicted octanol–water partition coefficient (Wildman–Crippen LogP) is 0.348. The van der Waals surface area contributed by atoms with E-state index in [1.807, 2.05) is 24.3 Å². The second-order valence-electron chi connectivity index (χ2n) is 4.76. The second-order valence-corrected chi connectivity index (χ2v) is 4.76. The molecule has 1 atom stereocenters. The first kappa shape index (κ1) is 14.8. The number of carboxylic acids is 1. The lowest BCUT2D eigenvalue weighted by Crippen LogP contribution is -2.42. The van der Waals surface area contributed by atoms with E-state index in [-0.39, 0.29) is 13.0 Å². The molecule has 0 radical (unpaired) electrons. The van der Waals surface area contributed by atoms with Crippen LogP contribution in [0.3, 0.4) is 0 Å². The maximum Gasteiger partial charge on any atom is 0.326 e. The third kappa shape index (κ3) is 3.31. The van der Waals surface area contributed by atoms with Crippen LogP contribution in [0.4, 0.5) is 10.5 Å². The van der Waals surface area contributed by atoms with Gasteiger partial charge < -0.3 is 15.3 Å².